The maximum absolute atomic E-state index is 13.2. The third kappa shape index (κ3) is 4.50. The van der Waals surface area contributed by atoms with Gasteiger partial charge in [0.15, 0.2) is 11.6 Å². The van der Waals surface area contributed by atoms with Crippen LogP contribution in [0.5, 0.6) is 0 Å². The molecule has 3 heterocycles. The van der Waals surface area contributed by atoms with E-state index in [0.29, 0.717) is 24.1 Å². The van der Waals surface area contributed by atoms with Crippen LogP contribution in [0.15, 0.2) is 55.0 Å². The van der Waals surface area contributed by atoms with Crippen LogP contribution in [-0.4, -0.2) is 43.6 Å². The molecular weight excluding hydrogens is 418 g/mol. The lowest BCUT2D eigenvalue weighted by molar-refractivity contribution is -0.181. The number of aliphatic hydroxyl groups is 1. The van der Waals surface area contributed by atoms with Gasteiger partial charge in [0, 0.05) is 30.4 Å². The summed E-state index contributed by atoms with van der Waals surface area (Å²) in [5.41, 5.74) is 14.3. The molecule has 1 aliphatic heterocycles. The highest BCUT2D eigenvalue weighted by molar-refractivity contribution is 5.99. The van der Waals surface area contributed by atoms with E-state index in [2.05, 4.69) is 15.0 Å². The zero-order valence-corrected chi connectivity index (χ0v) is 18.8. The van der Waals surface area contributed by atoms with Gasteiger partial charge in [-0.25, -0.2) is 9.97 Å². The van der Waals surface area contributed by atoms with Gasteiger partial charge >= 0.3 is 0 Å². The number of anilines is 1. The van der Waals surface area contributed by atoms with Gasteiger partial charge in [0.2, 0.25) is 0 Å². The molecule has 3 aromatic rings. The fourth-order valence-electron chi connectivity index (χ4n) is 4.41. The average molecular weight is 448 g/mol. The molecule has 33 heavy (non-hydrogen) atoms. The zero-order valence-electron chi connectivity index (χ0n) is 18.8. The first-order chi connectivity index (χ1) is 15.8. The molecule has 172 valence electrons. The number of hydrogen-bond acceptors (Lipinski definition) is 8. The number of nitrogen functional groups attached to an aromatic ring is 1. The van der Waals surface area contributed by atoms with Crippen molar-refractivity contribution in [1.82, 2.24) is 15.0 Å². The van der Waals surface area contributed by atoms with Gasteiger partial charge in [-0.05, 0) is 37.0 Å². The number of rotatable bonds is 6. The third-order valence-corrected chi connectivity index (χ3v) is 6.52. The predicted octanol–water partition coefficient (Wildman–Crippen LogP) is 2.86. The standard InChI is InChI=1S/C25H29N5O3/c1-3-25(32)15(2)33-21(12-22(25)26)18-9-10-28-13-17(18)11-20(31)23-24(27)29-14-19(30-23)16-7-5-4-6-8-16/h4-10,13-15,21-22,32H,3,11-12,26H2,1-2H3,(H2,27,29)/t15-,21-,22-,25-/m1/s1. The lowest BCUT2D eigenvalue weighted by Gasteiger charge is -2.45. The first kappa shape index (κ1) is 23.0. The molecule has 0 bridgehead atoms. The number of hydrogen-bond donors (Lipinski definition) is 3. The minimum atomic E-state index is -1.08. The highest BCUT2D eigenvalue weighted by Crippen LogP contribution is 2.39. The molecular formula is C25H29N5O3. The monoisotopic (exact) mass is 447 g/mol. The summed E-state index contributed by atoms with van der Waals surface area (Å²) in [6, 6.07) is 10.9. The number of aromatic nitrogens is 3. The van der Waals surface area contributed by atoms with Crippen LogP contribution in [0.1, 0.15) is 54.4 Å². The van der Waals surface area contributed by atoms with E-state index >= 15 is 0 Å². The zero-order chi connectivity index (χ0) is 23.6. The first-order valence-corrected chi connectivity index (χ1v) is 11.1. The van der Waals surface area contributed by atoms with Crippen LogP contribution in [-0.2, 0) is 11.2 Å². The third-order valence-electron chi connectivity index (χ3n) is 6.52. The fraction of sp³-hybridized carbons (Fsp3) is 0.360. The van der Waals surface area contributed by atoms with Crippen LogP contribution in [0.3, 0.4) is 0 Å². The summed E-state index contributed by atoms with van der Waals surface area (Å²) in [5, 5.41) is 10.9. The summed E-state index contributed by atoms with van der Waals surface area (Å²) in [7, 11) is 0. The normalized spacial score (nSPS) is 25.0. The first-order valence-electron chi connectivity index (χ1n) is 11.1. The Hall–Kier alpha value is -3.20. The Kier molecular flexibility index (Phi) is 6.51. The van der Waals surface area contributed by atoms with E-state index in [1.165, 1.54) is 0 Å². The summed E-state index contributed by atoms with van der Waals surface area (Å²) in [5.74, 6) is -0.173. The fourth-order valence-corrected chi connectivity index (χ4v) is 4.41. The number of carbonyl (C=O) groups excluding carboxylic acids is 1. The molecule has 1 aromatic carbocycles. The van der Waals surface area contributed by atoms with Gasteiger partial charge in [0.05, 0.1) is 24.1 Å². The maximum Gasteiger partial charge on any atom is 0.189 e. The van der Waals surface area contributed by atoms with Gasteiger partial charge < -0.3 is 21.3 Å². The number of Topliss-reactive ketones (excluding diaryl/α,β-unsaturated/α-hetero) is 1. The molecule has 1 fully saturated rings. The molecule has 0 spiro atoms. The Labute approximate surface area is 193 Å². The van der Waals surface area contributed by atoms with Gasteiger partial charge in [0.25, 0.3) is 0 Å². The number of benzene rings is 1. The number of carbonyl (C=O) groups is 1. The van der Waals surface area contributed by atoms with Crippen LogP contribution in [0, 0.1) is 0 Å². The van der Waals surface area contributed by atoms with E-state index < -0.39 is 17.7 Å². The van der Waals surface area contributed by atoms with Crippen molar-refractivity contribution in [2.45, 2.75) is 57.0 Å². The molecule has 1 saturated heterocycles. The van der Waals surface area contributed by atoms with Crippen LogP contribution < -0.4 is 11.5 Å². The van der Waals surface area contributed by atoms with E-state index in [-0.39, 0.29) is 29.8 Å². The summed E-state index contributed by atoms with van der Waals surface area (Å²) in [4.78, 5) is 26.1. The topological polar surface area (TPSA) is 137 Å². The maximum atomic E-state index is 13.2. The van der Waals surface area contributed by atoms with Gasteiger partial charge in [-0.15, -0.1) is 0 Å². The van der Waals surface area contributed by atoms with E-state index in [9.17, 15) is 9.90 Å². The second-order valence-electron chi connectivity index (χ2n) is 8.48. The Morgan fingerprint density at radius 1 is 1.24 bits per heavy atom. The van der Waals surface area contributed by atoms with Gasteiger partial charge in [0.1, 0.15) is 11.3 Å². The van der Waals surface area contributed by atoms with Crippen molar-refractivity contribution in [2.75, 3.05) is 5.73 Å². The highest BCUT2D eigenvalue weighted by atomic mass is 16.5. The smallest absolute Gasteiger partial charge is 0.189 e. The summed E-state index contributed by atoms with van der Waals surface area (Å²) >= 11 is 0. The van der Waals surface area contributed by atoms with Crippen LogP contribution in [0.25, 0.3) is 11.3 Å². The van der Waals surface area contributed by atoms with Crippen LogP contribution in [0.4, 0.5) is 5.82 Å². The molecule has 5 N–H and O–H groups in total. The number of pyridine rings is 1. The second-order valence-corrected chi connectivity index (χ2v) is 8.48. The molecule has 8 heteroatoms. The van der Waals surface area contributed by atoms with E-state index in [1.54, 1.807) is 18.6 Å². The number of ketones is 1. The number of nitrogens with zero attached hydrogens (tertiary/aromatic N) is 3. The van der Waals surface area contributed by atoms with Gasteiger partial charge in [-0.3, -0.25) is 9.78 Å². The van der Waals surface area contributed by atoms with Crippen molar-refractivity contribution < 1.29 is 14.6 Å². The van der Waals surface area contributed by atoms with Crippen molar-refractivity contribution in [2.24, 2.45) is 5.73 Å². The summed E-state index contributed by atoms with van der Waals surface area (Å²) in [6.07, 6.45) is 5.05. The summed E-state index contributed by atoms with van der Waals surface area (Å²) in [6.45, 7) is 3.72. The van der Waals surface area contributed by atoms with Crippen LogP contribution >= 0.6 is 0 Å². The molecule has 4 rings (SSSR count). The predicted molar refractivity (Wildman–Crippen MR) is 125 cm³/mol. The van der Waals surface area contributed by atoms with Crippen molar-refractivity contribution in [3.05, 3.63) is 71.8 Å². The molecule has 2 aromatic heterocycles. The van der Waals surface area contributed by atoms with Gasteiger partial charge in [-0.1, -0.05) is 37.3 Å². The van der Waals surface area contributed by atoms with E-state index in [4.69, 9.17) is 16.2 Å². The second kappa shape index (κ2) is 9.35. The highest BCUT2D eigenvalue weighted by Gasteiger charge is 2.45. The van der Waals surface area contributed by atoms with Crippen molar-refractivity contribution in [1.29, 1.82) is 0 Å². The molecule has 0 aliphatic carbocycles. The molecule has 0 saturated carbocycles. The minimum Gasteiger partial charge on any atom is -0.386 e. The largest absolute Gasteiger partial charge is 0.386 e. The molecule has 0 amide bonds. The minimum absolute atomic E-state index is 0.0435. The number of ether oxygens (including phenoxy) is 1. The molecule has 4 atom stereocenters. The Morgan fingerprint density at radius 2 is 2.00 bits per heavy atom. The lowest BCUT2D eigenvalue weighted by Crippen LogP contribution is -2.59. The van der Waals surface area contributed by atoms with Gasteiger partial charge in [-0.2, -0.15) is 0 Å². The van der Waals surface area contributed by atoms with Crippen molar-refractivity contribution in [3.63, 3.8) is 0 Å². The Balaban J connectivity index is 1.60. The average Bonchev–Trinajstić information content (AvgIpc) is 2.83. The quantitative estimate of drug-likeness (QED) is 0.491. The van der Waals surface area contributed by atoms with Crippen LogP contribution in [0.2, 0.25) is 0 Å². The SMILES string of the molecule is CC[C@]1(O)[C@H](N)C[C@H](c2ccncc2CC(=O)c2nc(-c3ccccc3)cnc2N)O[C@@H]1C. The molecule has 0 unspecified atom stereocenters. The Bertz CT molecular complexity index is 1130. The van der Waals surface area contributed by atoms with Crippen molar-refractivity contribution >= 4 is 11.6 Å². The molecule has 8 nitrogen and oxygen atoms in total. The molecule has 1 aliphatic rings. The van der Waals surface area contributed by atoms with Crippen molar-refractivity contribution in [3.8, 4) is 11.3 Å². The Morgan fingerprint density at radius 3 is 2.70 bits per heavy atom. The molecule has 0 radical (unpaired) electrons. The number of nitrogens with two attached hydrogens (primary N) is 2. The van der Waals surface area contributed by atoms with E-state index in [0.717, 1.165) is 11.1 Å². The summed E-state index contributed by atoms with van der Waals surface area (Å²) < 4.78 is 6.16. The van der Waals surface area contributed by atoms with E-state index in [1.807, 2.05) is 50.2 Å². The lowest BCUT2D eigenvalue weighted by atomic mass is 9.79.